The Morgan fingerprint density at radius 2 is 0.670 bits per heavy atom. The van der Waals surface area contributed by atoms with Gasteiger partial charge in [0, 0.05) is 35.4 Å². The average Bonchev–Trinajstić information content (AvgIpc) is 1.17. The molecule has 18 nitrogen and oxygen atoms in total. The van der Waals surface area contributed by atoms with E-state index in [1.54, 1.807) is 66.7 Å². The molecule has 0 atom stereocenters. The normalized spacial score (nSPS) is 11.2. The summed E-state index contributed by atoms with van der Waals surface area (Å²) in [6.45, 7) is 19.6. The molecule has 6 aromatic carbocycles. The van der Waals surface area contributed by atoms with Crippen LogP contribution >= 0.6 is 0 Å². The van der Waals surface area contributed by atoms with Gasteiger partial charge in [-0.15, -0.1) is 0 Å². The molecule has 2 aromatic heterocycles. The minimum Gasteiger partial charge on any atom is -0.507 e. The van der Waals surface area contributed by atoms with E-state index in [-0.39, 0.29) is 73.1 Å². The van der Waals surface area contributed by atoms with Crippen molar-refractivity contribution < 1.29 is 58.1 Å². The van der Waals surface area contributed by atoms with Gasteiger partial charge in [-0.25, -0.2) is 29.9 Å². The van der Waals surface area contributed by atoms with Crippen molar-refractivity contribution in [2.45, 2.75) is 114 Å². The highest BCUT2D eigenvalue weighted by Crippen LogP contribution is 2.39. The van der Waals surface area contributed by atoms with Gasteiger partial charge in [-0.2, -0.15) is 0 Å². The number of benzene rings is 6. The summed E-state index contributed by atoms with van der Waals surface area (Å²) in [5, 5.41) is 33.0. The molecule has 0 amide bonds. The van der Waals surface area contributed by atoms with Crippen LogP contribution in [0.5, 0.6) is 46.0 Å². The number of esters is 2. The van der Waals surface area contributed by atoms with Crippen molar-refractivity contribution >= 4 is 11.9 Å². The zero-order chi connectivity index (χ0) is 63.1. The third-order valence-corrected chi connectivity index (χ3v) is 14.5. The predicted molar refractivity (Wildman–Crippen MR) is 340 cm³/mol. The predicted octanol–water partition coefficient (Wildman–Crippen LogP) is 15.1. The Balaban J connectivity index is 0.000000268. The maximum absolute atomic E-state index is 12.4. The van der Waals surface area contributed by atoms with Crippen molar-refractivity contribution in [3.8, 4) is 114 Å². The number of unbranched alkanes of at least 4 members (excludes halogenated alkanes) is 3. The van der Waals surface area contributed by atoms with Crippen LogP contribution in [-0.4, -0.2) is 103 Å². The monoisotopic (exact) mass is 1200 g/mol. The lowest BCUT2D eigenvalue weighted by Crippen LogP contribution is -2.27. The first-order chi connectivity index (χ1) is 42.5. The van der Waals surface area contributed by atoms with Gasteiger partial charge in [-0.3, -0.25) is 9.59 Å². The van der Waals surface area contributed by atoms with Crippen molar-refractivity contribution in [1.82, 2.24) is 29.9 Å². The number of hydrogen-bond acceptors (Lipinski definition) is 18. The molecule has 464 valence electrons. The van der Waals surface area contributed by atoms with Crippen LogP contribution in [0, 0.1) is 10.8 Å². The second-order valence-electron chi connectivity index (χ2n) is 22.1. The molecule has 8 aromatic rings. The van der Waals surface area contributed by atoms with E-state index in [4.69, 9.17) is 48.1 Å². The SMILES string of the molecule is CCC(C)(C)C(=O)OCCOc1ccc(-c2nc(-c3ccccc3)nc(-c3ccccc3)n2)c(O)c1.CCCCOc1ccc(-c2nc(-c3ccc(OCCCC)cc3O)nc(-c3ccc(OCCOC(=O)C(C)(C)CC)cc3OCCCC)n2)c(O)c1. The first kappa shape index (κ1) is 66.2. The smallest absolute Gasteiger partial charge is 0.311 e. The molecule has 0 aliphatic carbocycles. The minimum atomic E-state index is -0.563. The number of phenolic OH excluding ortho intramolecular Hbond substituents is 3. The summed E-state index contributed by atoms with van der Waals surface area (Å²) in [6, 6.07) is 39.5. The second-order valence-corrected chi connectivity index (χ2v) is 22.1. The molecule has 2 heterocycles. The number of rotatable bonds is 30. The van der Waals surface area contributed by atoms with Crippen molar-refractivity contribution in [3.63, 3.8) is 0 Å². The van der Waals surface area contributed by atoms with Crippen LogP contribution in [0.3, 0.4) is 0 Å². The van der Waals surface area contributed by atoms with Crippen molar-refractivity contribution in [3.05, 3.63) is 133 Å². The van der Waals surface area contributed by atoms with Crippen molar-refractivity contribution in [1.29, 1.82) is 0 Å². The Morgan fingerprint density at radius 1 is 0.364 bits per heavy atom. The Bertz CT molecular complexity index is 3410. The van der Waals surface area contributed by atoms with Crippen LogP contribution in [0.4, 0.5) is 0 Å². The van der Waals surface area contributed by atoms with Gasteiger partial charge >= 0.3 is 11.9 Å². The van der Waals surface area contributed by atoms with Gasteiger partial charge in [0.2, 0.25) is 0 Å². The molecular formula is C70H82N6O12. The summed E-state index contributed by atoms with van der Waals surface area (Å²) in [5.74, 6) is 3.84. The number of nitrogens with zero attached hydrogens (tertiary/aromatic N) is 6. The largest absolute Gasteiger partial charge is 0.507 e. The van der Waals surface area contributed by atoms with Crippen molar-refractivity contribution in [2.75, 3.05) is 46.2 Å². The number of carbonyl (C=O) groups is 2. The molecule has 0 saturated carbocycles. The first-order valence-electron chi connectivity index (χ1n) is 30.2. The van der Waals surface area contributed by atoms with Crippen LogP contribution in [-0.2, 0) is 19.1 Å². The molecule has 0 bridgehead atoms. The zero-order valence-corrected chi connectivity index (χ0v) is 52.0. The summed E-state index contributed by atoms with van der Waals surface area (Å²) in [6.07, 6.45) is 6.88. The van der Waals surface area contributed by atoms with Crippen LogP contribution in [0.15, 0.2) is 133 Å². The highest BCUT2D eigenvalue weighted by atomic mass is 16.6. The molecule has 3 N–H and O–H groups in total. The summed E-state index contributed by atoms with van der Waals surface area (Å²) in [5.41, 5.74) is 2.34. The van der Waals surface area contributed by atoms with Crippen LogP contribution < -0.4 is 23.7 Å². The lowest BCUT2D eigenvalue weighted by atomic mass is 9.91. The maximum atomic E-state index is 12.4. The molecule has 0 aliphatic heterocycles. The molecule has 18 heteroatoms. The lowest BCUT2D eigenvalue weighted by molar-refractivity contribution is -0.155. The molecule has 0 radical (unpaired) electrons. The van der Waals surface area contributed by atoms with Gasteiger partial charge in [0.1, 0.15) is 72.4 Å². The van der Waals surface area contributed by atoms with Crippen LogP contribution in [0.2, 0.25) is 0 Å². The Morgan fingerprint density at radius 3 is 1.02 bits per heavy atom. The third kappa shape index (κ3) is 18.6. The average molecular weight is 1200 g/mol. The number of aromatic hydroxyl groups is 3. The van der Waals surface area contributed by atoms with E-state index in [0.717, 1.165) is 49.7 Å². The third-order valence-electron chi connectivity index (χ3n) is 14.5. The Labute approximate surface area is 516 Å². The highest BCUT2D eigenvalue weighted by Gasteiger charge is 2.28. The van der Waals surface area contributed by atoms with Crippen molar-refractivity contribution in [2.24, 2.45) is 10.8 Å². The van der Waals surface area contributed by atoms with E-state index in [1.165, 1.54) is 6.07 Å². The fourth-order valence-electron chi connectivity index (χ4n) is 8.20. The number of hydrogen-bond donors (Lipinski definition) is 3. The standard InChI is InChI=1S/C41H53N3O8.C29H29N3O4/c1-7-11-20-48-28-14-17-31(34(45)25-28)37-42-38(32-18-15-29(26-35(32)46)49-21-12-8-2)44-39(43-37)33-19-16-30(27-36(33)51-22-13-9-3)50-23-24-52-40(47)41(5,6)10-4;1-4-29(2,3)28(34)36-18-17-35-22-15-16-23(24(33)19-22)27-31-25(20-11-7-5-8-12-20)30-26(32-27)21-13-9-6-10-14-21/h14-19,25-27,45-46H,7-13,20-24H2,1-6H3;5-16,19,33H,4,17-18H2,1-3H3. The molecule has 8 rings (SSSR count). The topological polar surface area (TPSA) is 237 Å². The number of carbonyl (C=O) groups excluding carboxylic acids is 2. The van der Waals surface area contributed by atoms with E-state index >= 15 is 0 Å². The molecule has 0 fully saturated rings. The molecule has 0 aliphatic rings. The second kappa shape index (κ2) is 32.4. The fourth-order valence-corrected chi connectivity index (χ4v) is 8.20. The molecule has 0 unspecified atom stereocenters. The van der Waals surface area contributed by atoms with Gasteiger partial charge < -0.3 is 48.5 Å². The van der Waals surface area contributed by atoms with Crippen LogP contribution in [0.25, 0.3) is 68.3 Å². The summed E-state index contributed by atoms with van der Waals surface area (Å²) in [4.78, 5) is 52.7. The Hall–Kier alpha value is -9.32. The first-order valence-corrected chi connectivity index (χ1v) is 30.2. The van der Waals surface area contributed by atoms with E-state index in [0.29, 0.717) is 101 Å². The van der Waals surface area contributed by atoms with Gasteiger partial charge in [0.25, 0.3) is 0 Å². The van der Waals surface area contributed by atoms with Gasteiger partial charge in [0.05, 0.1) is 52.9 Å². The van der Waals surface area contributed by atoms with Crippen LogP contribution in [0.1, 0.15) is 114 Å². The highest BCUT2D eigenvalue weighted by molar-refractivity contribution is 5.77. The number of ether oxygens (including phenoxy) is 7. The lowest BCUT2D eigenvalue weighted by Gasteiger charge is -2.20. The Kier molecular flexibility index (Phi) is 24.4. The van der Waals surface area contributed by atoms with E-state index in [2.05, 4.69) is 35.7 Å². The molecule has 0 spiro atoms. The maximum Gasteiger partial charge on any atom is 0.311 e. The van der Waals surface area contributed by atoms with E-state index in [1.807, 2.05) is 102 Å². The van der Waals surface area contributed by atoms with Gasteiger partial charge in [0.15, 0.2) is 34.9 Å². The van der Waals surface area contributed by atoms with Gasteiger partial charge in [-0.1, -0.05) is 115 Å². The molecule has 0 saturated heterocycles. The quantitative estimate of drug-likeness (QED) is 0.0280. The summed E-state index contributed by atoms with van der Waals surface area (Å²) in [7, 11) is 0. The fraction of sp³-hybridized carbons (Fsp3) is 0.371. The van der Waals surface area contributed by atoms with E-state index < -0.39 is 10.8 Å². The van der Waals surface area contributed by atoms with Gasteiger partial charge in [-0.05, 0) is 108 Å². The molecular weight excluding hydrogens is 1120 g/mol. The molecule has 88 heavy (non-hydrogen) atoms. The number of aromatic nitrogens is 6. The minimum absolute atomic E-state index is 0.0270. The summed E-state index contributed by atoms with van der Waals surface area (Å²) < 4.78 is 40.2. The summed E-state index contributed by atoms with van der Waals surface area (Å²) >= 11 is 0. The zero-order valence-electron chi connectivity index (χ0n) is 52.0. The van der Waals surface area contributed by atoms with E-state index in [9.17, 15) is 24.9 Å². The number of phenols is 3.